The Bertz CT molecular complexity index is 145. The molecule has 0 rings (SSSR count). The zero-order valence-corrected chi connectivity index (χ0v) is 4.42. The molecule has 3 heteroatoms. The molecule has 0 bridgehead atoms. The number of ketones is 1. The van der Waals surface area contributed by atoms with E-state index in [2.05, 4.69) is 0 Å². The lowest BCUT2D eigenvalue weighted by Gasteiger charge is -1.86. The van der Waals surface area contributed by atoms with Gasteiger partial charge in [0, 0.05) is 0 Å². The Morgan fingerprint density at radius 3 is 2.50 bits per heavy atom. The Hall–Kier alpha value is -1.17. The van der Waals surface area contributed by atoms with Crippen molar-refractivity contribution in [3.8, 4) is 6.07 Å². The van der Waals surface area contributed by atoms with Crippen molar-refractivity contribution in [3.63, 3.8) is 0 Å². The van der Waals surface area contributed by atoms with Crippen LogP contribution in [0.5, 0.6) is 0 Å². The SMILES string of the molecule is CC(C#N)C(=O)C=O. The number of carbonyl (C=O) groups excluding carboxylic acids is 2. The molecule has 0 saturated heterocycles. The van der Waals surface area contributed by atoms with Crippen molar-refractivity contribution in [2.45, 2.75) is 6.92 Å². The Balaban J connectivity index is 3.86. The molecule has 0 aliphatic rings. The number of hydrogen-bond donors (Lipinski definition) is 0. The van der Waals surface area contributed by atoms with Crippen LogP contribution in [0, 0.1) is 17.2 Å². The Labute approximate surface area is 46.9 Å². The highest BCUT2D eigenvalue weighted by Gasteiger charge is 2.08. The van der Waals surface area contributed by atoms with Gasteiger partial charge in [0.05, 0.1) is 6.07 Å². The van der Waals surface area contributed by atoms with Gasteiger partial charge in [-0.2, -0.15) is 5.26 Å². The summed E-state index contributed by atoms with van der Waals surface area (Å²) >= 11 is 0. The van der Waals surface area contributed by atoms with Crippen LogP contribution in [0.4, 0.5) is 0 Å². The first kappa shape index (κ1) is 6.83. The number of rotatable bonds is 2. The summed E-state index contributed by atoms with van der Waals surface area (Å²) in [7, 11) is 0. The van der Waals surface area contributed by atoms with Gasteiger partial charge in [0.25, 0.3) is 0 Å². The van der Waals surface area contributed by atoms with Crippen molar-refractivity contribution in [1.29, 1.82) is 5.26 Å². The minimum Gasteiger partial charge on any atom is -0.295 e. The standard InChI is InChI=1S/C5H5NO2/c1-4(2-6)5(8)3-7/h3-4H,1H3. The van der Waals surface area contributed by atoms with Gasteiger partial charge < -0.3 is 0 Å². The molecule has 0 aromatic rings. The van der Waals surface area contributed by atoms with Crippen LogP contribution in [0.1, 0.15) is 6.92 Å². The maximum atomic E-state index is 10.2. The normalized spacial score (nSPS) is 11.5. The van der Waals surface area contributed by atoms with E-state index in [9.17, 15) is 9.59 Å². The van der Waals surface area contributed by atoms with Gasteiger partial charge in [-0.3, -0.25) is 9.59 Å². The molecule has 0 N–H and O–H groups in total. The zero-order valence-electron chi connectivity index (χ0n) is 4.42. The molecule has 0 aromatic carbocycles. The summed E-state index contributed by atoms with van der Waals surface area (Å²) < 4.78 is 0. The van der Waals surface area contributed by atoms with E-state index in [1.807, 2.05) is 0 Å². The highest BCUT2D eigenvalue weighted by atomic mass is 16.2. The molecule has 42 valence electrons. The van der Waals surface area contributed by atoms with Crippen molar-refractivity contribution >= 4 is 12.1 Å². The van der Waals surface area contributed by atoms with E-state index in [0.717, 1.165) is 0 Å². The smallest absolute Gasteiger partial charge is 0.211 e. The lowest BCUT2D eigenvalue weighted by atomic mass is 10.1. The van der Waals surface area contributed by atoms with Crippen LogP contribution in [0.2, 0.25) is 0 Å². The second kappa shape index (κ2) is 2.92. The maximum absolute atomic E-state index is 10.2. The Morgan fingerprint density at radius 2 is 2.38 bits per heavy atom. The van der Waals surface area contributed by atoms with E-state index in [1.54, 1.807) is 6.07 Å². The molecule has 1 unspecified atom stereocenters. The molecule has 0 fully saturated rings. The fraction of sp³-hybridized carbons (Fsp3) is 0.400. The fourth-order valence-corrected chi connectivity index (χ4v) is 0.166. The molecule has 0 amide bonds. The summed E-state index contributed by atoms with van der Waals surface area (Å²) in [6.45, 7) is 1.39. The summed E-state index contributed by atoms with van der Waals surface area (Å²) in [6.07, 6.45) is 0.161. The van der Waals surface area contributed by atoms with Crippen LogP contribution in [0.3, 0.4) is 0 Å². The molecular weight excluding hydrogens is 106 g/mol. The molecule has 1 atom stereocenters. The third-order valence-electron chi connectivity index (χ3n) is 0.737. The number of Topliss-reactive ketones (excluding diaryl/α,β-unsaturated/α-hetero) is 1. The van der Waals surface area contributed by atoms with Crippen LogP contribution >= 0.6 is 0 Å². The third kappa shape index (κ3) is 1.52. The predicted molar refractivity (Wildman–Crippen MR) is 25.8 cm³/mol. The van der Waals surface area contributed by atoms with Gasteiger partial charge in [0.2, 0.25) is 5.78 Å². The van der Waals surface area contributed by atoms with Gasteiger partial charge in [-0.25, -0.2) is 0 Å². The molecular formula is C5H5NO2. The molecule has 3 nitrogen and oxygen atoms in total. The van der Waals surface area contributed by atoms with Gasteiger partial charge in [-0.1, -0.05) is 0 Å². The van der Waals surface area contributed by atoms with Crippen LogP contribution < -0.4 is 0 Å². The lowest BCUT2D eigenvalue weighted by Crippen LogP contribution is -2.08. The van der Waals surface area contributed by atoms with E-state index in [1.165, 1.54) is 6.92 Å². The summed E-state index contributed by atoms with van der Waals surface area (Å²) in [4.78, 5) is 19.8. The first-order chi connectivity index (χ1) is 3.72. The van der Waals surface area contributed by atoms with E-state index >= 15 is 0 Å². The minimum absolute atomic E-state index is 0.161. The number of aldehydes is 1. The van der Waals surface area contributed by atoms with Crippen LogP contribution in [0.15, 0.2) is 0 Å². The largest absolute Gasteiger partial charge is 0.295 e. The summed E-state index contributed by atoms with van der Waals surface area (Å²) in [5.41, 5.74) is 0. The third-order valence-corrected chi connectivity index (χ3v) is 0.737. The van der Waals surface area contributed by atoms with Gasteiger partial charge in [0.15, 0.2) is 6.29 Å². The average Bonchev–Trinajstić information content (AvgIpc) is 1.84. The van der Waals surface area contributed by atoms with Gasteiger partial charge in [-0.15, -0.1) is 0 Å². The van der Waals surface area contributed by atoms with Crippen molar-refractivity contribution in [2.75, 3.05) is 0 Å². The number of nitrogens with zero attached hydrogens (tertiary/aromatic N) is 1. The first-order valence-corrected chi connectivity index (χ1v) is 2.11. The van der Waals surface area contributed by atoms with E-state index in [-0.39, 0.29) is 6.29 Å². The van der Waals surface area contributed by atoms with E-state index in [0.29, 0.717) is 0 Å². The molecule has 0 heterocycles. The number of hydrogen-bond acceptors (Lipinski definition) is 3. The van der Waals surface area contributed by atoms with Gasteiger partial charge >= 0.3 is 0 Å². The second-order valence-electron chi connectivity index (χ2n) is 1.37. The predicted octanol–water partition coefficient (Wildman–Crippen LogP) is -0.0859. The number of carbonyl (C=O) groups is 2. The van der Waals surface area contributed by atoms with Crippen molar-refractivity contribution < 1.29 is 9.59 Å². The summed E-state index contributed by atoms with van der Waals surface area (Å²) in [5.74, 6) is -1.44. The number of nitriles is 1. The average molecular weight is 111 g/mol. The van der Waals surface area contributed by atoms with Crippen LogP contribution in [-0.2, 0) is 9.59 Å². The van der Waals surface area contributed by atoms with Crippen molar-refractivity contribution in [3.05, 3.63) is 0 Å². The highest BCUT2D eigenvalue weighted by Crippen LogP contribution is 1.88. The van der Waals surface area contributed by atoms with E-state index in [4.69, 9.17) is 5.26 Å². The van der Waals surface area contributed by atoms with Gasteiger partial charge in [0.1, 0.15) is 5.92 Å². The van der Waals surface area contributed by atoms with E-state index < -0.39 is 11.7 Å². The second-order valence-corrected chi connectivity index (χ2v) is 1.37. The van der Waals surface area contributed by atoms with Crippen LogP contribution in [-0.4, -0.2) is 12.1 Å². The summed E-state index contributed by atoms with van der Waals surface area (Å²) in [6, 6.07) is 1.63. The monoisotopic (exact) mass is 111 g/mol. The topological polar surface area (TPSA) is 57.9 Å². The maximum Gasteiger partial charge on any atom is 0.211 e. The fourth-order valence-electron chi connectivity index (χ4n) is 0.166. The lowest BCUT2D eigenvalue weighted by molar-refractivity contribution is -0.131. The molecule has 0 saturated carbocycles. The molecule has 0 spiro atoms. The molecule has 0 radical (unpaired) electrons. The molecule has 8 heavy (non-hydrogen) atoms. The molecule has 0 aliphatic heterocycles. The highest BCUT2D eigenvalue weighted by molar-refractivity contribution is 6.26. The first-order valence-electron chi connectivity index (χ1n) is 2.11. The van der Waals surface area contributed by atoms with Crippen molar-refractivity contribution in [1.82, 2.24) is 0 Å². The quantitative estimate of drug-likeness (QED) is 0.369. The molecule has 0 aliphatic carbocycles. The Kier molecular flexibility index (Phi) is 2.49. The van der Waals surface area contributed by atoms with Gasteiger partial charge in [-0.05, 0) is 6.92 Å². The minimum atomic E-state index is -0.785. The Morgan fingerprint density at radius 1 is 1.88 bits per heavy atom. The summed E-state index contributed by atoms with van der Waals surface area (Å²) in [5, 5.41) is 8.01. The van der Waals surface area contributed by atoms with Crippen molar-refractivity contribution in [2.24, 2.45) is 5.92 Å². The van der Waals surface area contributed by atoms with Crippen LogP contribution in [0.25, 0.3) is 0 Å². The molecule has 0 aromatic heterocycles. The zero-order chi connectivity index (χ0) is 6.57.